The highest BCUT2D eigenvalue weighted by Gasteiger charge is 2.36. The monoisotopic (exact) mass is 310 g/mol. The topological polar surface area (TPSA) is 35.9 Å². The van der Waals surface area contributed by atoms with Crippen LogP contribution in [0, 0.1) is 5.41 Å². The molecule has 0 radical (unpaired) electrons. The van der Waals surface area contributed by atoms with E-state index < -0.39 is 0 Å². The van der Waals surface area contributed by atoms with Gasteiger partial charge >= 0.3 is 0 Å². The molecule has 1 aromatic rings. The van der Waals surface area contributed by atoms with Crippen LogP contribution >= 0.6 is 11.6 Å². The Morgan fingerprint density at radius 3 is 2.57 bits per heavy atom. The number of nitrogens with zero attached hydrogens (tertiary/aromatic N) is 2. The second-order valence-corrected chi connectivity index (χ2v) is 6.58. The van der Waals surface area contributed by atoms with Gasteiger partial charge in [0.25, 0.3) is 0 Å². The minimum absolute atomic E-state index is 0.0490. The molecule has 0 amide bonds. The fourth-order valence-electron chi connectivity index (χ4n) is 3.28. The second-order valence-electron chi connectivity index (χ2n) is 6.18. The van der Waals surface area contributed by atoms with Gasteiger partial charge in [-0.25, -0.2) is 0 Å². The van der Waals surface area contributed by atoms with E-state index in [1.54, 1.807) is 0 Å². The maximum atomic E-state index is 9.68. The number of ether oxygens (including phenoxy) is 1. The molecule has 1 aromatic carbocycles. The van der Waals surface area contributed by atoms with Gasteiger partial charge in [-0.15, -0.1) is 0 Å². The molecule has 0 aliphatic carbocycles. The Kier molecular flexibility index (Phi) is 4.69. The summed E-state index contributed by atoms with van der Waals surface area (Å²) in [7, 11) is 0. The van der Waals surface area contributed by atoms with Crippen molar-refractivity contribution in [3.05, 3.63) is 29.3 Å². The molecule has 0 spiro atoms. The molecule has 1 N–H and O–H groups in total. The largest absolute Gasteiger partial charge is 0.396 e. The number of piperazine rings is 1. The molecule has 1 unspecified atom stereocenters. The minimum Gasteiger partial charge on any atom is -0.396 e. The maximum Gasteiger partial charge on any atom is 0.0639 e. The normalized spacial score (nSPS) is 27.2. The summed E-state index contributed by atoms with van der Waals surface area (Å²) in [6, 6.07) is 8.02. The summed E-state index contributed by atoms with van der Waals surface area (Å²) in [6.07, 6.45) is 0.966. The molecule has 2 aliphatic heterocycles. The van der Waals surface area contributed by atoms with Gasteiger partial charge in [0, 0.05) is 44.7 Å². The maximum absolute atomic E-state index is 9.68. The molecule has 2 heterocycles. The van der Waals surface area contributed by atoms with E-state index in [1.165, 1.54) is 0 Å². The van der Waals surface area contributed by atoms with Crippen LogP contribution in [-0.4, -0.2) is 62.6 Å². The molecule has 0 bridgehead atoms. The Morgan fingerprint density at radius 2 is 1.95 bits per heavy atom. The van der Waals surface area contributed by atoms with Crippen LogP contribution in [0.3, 0.4) is 0 Å². The quantitative estimate of drug-likeness (QED) is 0.921. The first-order valence-electron chi connectivity index (χ1n) is 7.63. The number of anilines is 1. The van der Waals surface area contributed by atoms with E-state index in [-0.39, 0.29) is 12.0 Å². The van der Waals surface area contributed by atoms with E-state index in [0.717, 1.165) is 56.5 Å². The lowest BCUT2D eigenvalue weighted by Gasteiger charge is -2.40. The first-order chi connectivity index (χ1) is 10.2. The number of hydrogen-bond acceptors (Lipinski definition) is 4. The fraction of sp³-hybridized carbons (Fsp3) is 0.625. The molecule has 2 fully saturated rings. The van der Waals surface area contributed by atoms with Crippen molar-refractivity contribution < 1.29 is 9.84 Å². The Hall–Kier alpha value is -0.810. The van der Waals surface area contributed by atoms with Gasteiger partial charge in [-0.3, -0.25) is 4.90 Å². The summed E-state index contributed by atoms with van der Waals surface area (Å²) in [6.45, 7) is 6.59. The minimum atomic E-state index is -0.0490. The Labute approximate surface area is 131 Å². The van der Waals surface area contributed by atoms with Crippen LogP contribution in [0.1, 0.15) is 6.42 Å². The van der Waals surface area contributed by atoms with Gasteiger partial charge in [-0.1, -0.05) is 23.7 Å². The van der Waals surface area contributed by atoms with Crippen LogP contribution in [0.25, 0.3) is 0 Å². The molecule has 2 saturated heterocycles. The second kappa shape index (κ2) is 6.53. The summed E-state index contributed by atoms with van der Waals surface area (Å²) < 4.78 is 5.48. The highest BCUT2D eigenvalue weighted by molar-refractivity contribution is 6.33. The molecule has 0 aromatic heterocycles. The van der Waals surface area contributed by atoms with Crippen molar-refractivity contribution in [3.63, 3.8) is 0 Å². The molecule has 5 heteroatoms. The van der Waals surface area contributed by atoms with Crippen LogP contribution in [0.2, 0.25) is 5.02 Å². The number of halogens is 1. The zero-order valence-corrected chi connectivity index (χ0v) is 13.1. The van der Waals surface area contributed by atoms with Crippen LogP contribution in [0.15, 0.2) is 24.3 Å². The molecule has 0 saturated carbocycles. The average molecular weight is 311 g/mol. The highest BCUT2D eigenvalue weighted by Crippen LogP contribution is 2.30. The number of aliphatic hydroxyl groups excluding tert-OH is 1. The van der Waals surface area contributed by atoms with Crippen molar-refractivity contribution in [1.82, 2.24) is 4.90 Å². The summed E-state index contributed by atoms with van der Waals surface area (Å²) in [4.78, 5) is 4.79. The van der Waals surface area contributed by atoms with Gasteiger partial charge in [0.2, 0.25) is 0 Å². The number of rotatable bonds is 4. The van der Waals surface area contributed by atoms with Crippen LogP contribution in [0.5, 0.6) is 0 Å². The lowest BCUT2D eigenvalue weighted by atomic mass is 9.87. The molecule has 2 aliphatic rings. The van der Waals surface area contributed by atoms with Crippen LogP contribution in [-0.2, 0) is 4.74 Å². The van der Waals surface area contributed by atoms with Crippen LogP contribution in [0.4, 0.5) is 5.69 Å². The first kappa shape index (κ1) is 15.1. The van der Waals surface area contributed by atoms with Gasteiger partial charge in [0.05, 0.1) is 23.9 Å². The first-order valence-corrected chi connectivity index (χ1v) is 8.01. The zero-order chi connectivity index (χ0) is 14.7. The molecular formula is C16H23ClN2O2. The van der Waals surface area contributed by atoms with Gasteiger partial charge in [0.1, 0.15) is 0 Å². The van der Waals surface area contributed by atoms with Gasteiger partial charge in [-0.2, -0.15) is 0 Å². The third kappa shape index (κ3) is 3.34. The number of para-hydroxylation sites is 1. The molecular weight excluding hydrogens is 288 g/mol. The summed E-state index contributed by atoms with van der Waals surface area (Å²) in [5.41, 5.74) is 1.08. The standard InChI is InChI=1S/C16H23ClN2O2/c17-14-3-1-2-4-15(14)19-8-6-18(7-9-19)11-16(12-20)5-10-21-13-16/h1-4,20H,5-13H2. The number of hydrogen-bond donors (Lipinski definition) is 1. The summed E-state index contributed by atoms with van der Waals surface area (Å²) in [5.74, 6) is 0. The number of benzene rings is 1. The fourth-order valence-corrected chi connectivity index (χ4v) is 3.53. The Bertz CT molecular complexity index is 469. The molecule has 3 rings (SSSR count). The van der Waals surface area contributed by atoms with Gasteiger partial charge in [0.15, 0.2) is 0 Å². The van der Waals surface area contributed by atoms with E-state index in [9.17, 15) is 5.11 Å². The SMILES string of the molecule is OCC1(CN2CCN(c3ccccc3Cl)CC2)CCOC1. The summed E-state index contributed by atoms with van der Waals surface area (Å²) in [5, 5.41) is 10.5. The Morgan fingerprint density at radius 1 is 1.19 bits per heavy atom. The average Bonchev–Trinajstić information content (AvgIpc) is 2.98. The predicted molar refractivity (Wildman–Crippen MR) is 85.1 cm³/mol. The van der Waals surface area contributed by atoms with Crippen LogP contribution < -0.4 is 4.90 Å². The third-order valence-corrected chi connectivity index (χ3v) is 4.96. The molecule has 4 nitrogen and oxygen atoms in total. The van der Waals surface area contributed by atoms with Gasteiger partial charge < -0.3 is 14.7 Å². The number of aliphatic hydroxyl groups is 1. The molecule has 21 heavy (non-hydrogen) atoms. The van der Waals surface area contributed by atoms with Crippen molar-refractivity contribution in [2.24, 2.45) is 5.41 Å². The third-order valence-electron chi connectivity index (χ3n) is 4.64. The van der Waals surface area contributed by atoms with E-state index in [4.69, 9.17) is 16.3 Å². The predicted octanol–water partition coefficient (Wildman–Crippen LogP) is 1.86. The summed E-state index contributed by atoms with van der Waals surface area (Å²) >= 11 is 6.27. The lowest BCUT2D eigenvalue weighted by Crippen LogP contribution is -2.51. The van der Waals surface area contributed by atoms with E-state index >= 15 is 0 Å². The van der Waals surface area contributed by atoms with Crippen molar-refractivity contribution in [2.75, 3.05) is 57.4 Å². The molecule has 116 valence electrons. The van der Waals surface area contributed by atoms with Crippen molar-refractivity contribution in [1.29, 1.82) is 0 Å². The zero-order valence-electron chi connectivity index (χ0n) is 12.3. The highest BCUT2D eigenvalue weighted by atomic mass is 35.5. The van der Waals surface area contributed by atoms with E-state index in [0.29, 0.717) is 6.61 Å². The lowest BCUT2D eigenvalue weighted by molar-refractivity contribution is 0.0549. The van der Waals surface area contributed by atoms with Crippen molar-refractivity contribution in [3.8, 4) is 0 Å². The van der Waals surface area contributed by atoms with Crippen molar-refractivity contribution >= 4 is 17.3 Å². The Balaban J connectivity index is 1.57. The van der Waals surface area contributed by atoms with E-state index in [1.807, 2.05) is 18.2 Å². The van der Waals surface area contributed by atoms with Crippen molar-refractivity contribution in [2.45, 2.75) is 6.42 Å². The van der Waals surface area contributed by atoms with Gasteiger partial charge in [-0.05, 0) is 18.6 Å². The molecule has 1 atom stereocenters. The van der Waals surface area contributed by atoms with E-state index in [2.05, 4.69) is 15.9 Å². The smallest absolute Gasteiger partial charge is 0.0639 e.